The Labute approximate surface area is 56.6 Å². The van der Waals surface area contributed by atoms with Gasteiger partial charge in [-0.1, -0.05) is 6.08 Å². The Morgan fingerprint density at radius 2 is 2.22 bits per heavy atom. The number of β-amino-alcohol motifs (C(OH)–C–C–N with tert-alkyl or cyclic N) is 1. The molecule has 0 aliphatic heterocycles. The van der Waals surface area contributed by atoms with E-state index in [1.807, 2.05) is 19.9 Å². The second-order valence-electron chi connectivity index (χ2n) is 2.58. The van der Waals surface area contributed by atoms with Crippen molar-refractivity contribution in [2.24, 2.45) is 0 Å². The van der Waals surface area contributed by atoms with Crippen LogP contribution in [0.5, 0.6) is 0 Å². The van der Waals surface area contributed by atoms with E-state index in [0.29, 0.717) is 6.54 Å². The van der Waals surface area contributed by atoms with Crippen LogP contribution in [-0.2, 0) is 0 Å². The molecule has 0 rings (SSSR count). The fourth-order valence-electron chi connectivity index (χ4n) is 0.450. The average Bonchev–Trinajstić information content (AvgIpc) is 1.84. The third-order valence-electron chi connectivity index (χ3n) is 1.20. The summed E-state index contributed by atoms with van der Waals surface area (Å²) >= 11 is 0. The number of hydrogen-bond donors (Lipinski definition) is 2. The minimum atomic E-state index is -0.0528. The fourth-order valence-corrected chi connectivity index (χ4v) is 0.450. The maximum Gasteiger partial charge on any atom is 0.0556 e. The zero-order chi connectivity index (χ0) is 7.33. The molecule has 2 heteroatoms. The lowest BCUT2D eigenvalue weighted by molar-refractivity contribution is 0.278. The maximum absolute atomic E-state index is 8.43. The molecule has 0 aliphatic carbocycles. The predicted molar refractivity (Wildman–Crippen MR) is 39.4 cm³/mol. The maximum atomic E-state index is 8.43. The number of nitrogens with one attached hydrogen (secondary N) is 1. The van der Waals surface area contributed by atoms with Crippen LogP contribution in [0.2, 0.25) is 0 Å². The van der Waals surface area contributed by atoms with Crippen molar-refractivity contribution in [1.29, 1.82) is 0 Å². The van der Waals surface area contributed by atoms with Crippen LogP contribution >= 0.6 is 0 Å². The summed E-state index contributed by atoms with van der Waals surface area (Å²) in [5.41, 5.74) is -0.0528. The van der Waals surface area contributed by atoms with E-state index in [-0.39, 0.29) is 12.1 Å². The summed E-state index contributed by atoms with van der Waals surface area (Å²) in [6.45, 7) is 8.46. The molecule has 0 radical (unpaired) electrons. The molecular formula is C7H15NO. The SMILES string of the molecule is C=CC(C)(C)NCCO. The molecular weight excluding hydrogens is 114 g/mol. The van der Waals surface area contributed by atoms with Gasteiger partial charge in [-0.3, -0.25) is 0 Å². The van der Waals surface area contributed by atoms with Gasteiger partial charge in [0.1, 0.15) is 0 Å². The van der Waals surface area contributed by atoms with Crippen molar-refractivity contribution >= 4 is 0 Å². The van der Waals surface area contributed by atoms with E-state index >= 15 is 0 Å². The normalized spacial score (nSPS) is 11.4. The monoisotopic (exact) mass is 129 g/mol. The van der Waals surface area contributed by atoms with Crippen molar-refractivity contribution in [2.45, 2.75) is 19.4 Å². The second-order valence-corrected chi connectivity index (χ2v) is 2.58. The minimum absolute atomic E-state index is 0.0528. The molecule has 0 fully saturated rings. The smallest absolute Gasteiger partial charge is 0.0556 e. The quantitative estimate of drug-likeness (QED) is 0.543. The van der Waals surface area contributed by atoms with Gasteiger partial charge >= 0.3 is 0 Å². The molecule has 0 aliphatic rings. The minimum Gasteiger partial charge on any atom is -0.395 e. The van der Waals surface area contributed by atoms with Gasteiger partial charge in [0.15, 0.2) is 0 Å². The third-order valence-corrected chi connectivity index (χ3v) is 1.20. The van der Waals surface area contributed by atoms with E-state index in [2.05, 4.69) is 11.9 Å². The summed E-state index contributed by atoms with van der Waals surface area (Å²) in [6.07, 6.45) is 1.82. The molecule has 0 bridgehead atoms. The zero-order valence-electron chi connectivity index (χ0n) is 6.15. The summed E-state index contributed by atoms with van der Waals surface area (Å²) in [5, 5.41) is 11.5. The van der Waals surface area contributed by atoms with Gasteiger partial charge in [-0.05, 0) is 13.8 Å². The van der Waals surface area contributed by atoms with Crippen molar-refractivity contribution in [2.75, 3.05) is 13.2 Å². The van der Waals surface area contributed by atoms with E-state index in [4.69, 9.17) is 5.11 Å². The number of rotatable bonds is 4. The Bertz CT molecular complexity index is 88.9. The molecule has 0 unspecified atom stereocenters. The van der Waals surface area contributed by atoms with Gasteiger partial charge in [-0.15, -0.1) is 6.58 Å². The van der Waals surface area contributed by atoms with Crippen LogP contribution in [0.15, 0.2) is 12.7 Å². The van der Waals surface area contributed by atoms with Crippen molar-refractivity contribution in [3.8, 4) is 0 Å². The van der Waals surface area contributed by atoms with Crippen molar-refractivity contribution in [1.82, 2.24) is 5.32 Å². The number of hydrogen-bond acceptors (Lipinski definition) is 2. The third kappa shape index (κ3) is 4.18. The molecule has 9 heavy (non-hydrogen) atoms. The van der Waals surface area contributed by atoms with E-state index < -0.39 is 0 Å². The van der Waals surface area contributed by atoms with Gasteiger partial charge in [-0.25, -0.2) is 0 Å². The largest absolute Gasteiger partial charge is 0.395 e. The summed E-state index contributed by atoms with van der Waals surface area (Å²) < 4.78 is 0. The molecule has 0 amide bonds. The molecule has 54 valence electrons. The van der Waals surface area contributed by atoms with Gasteiger partial charge in [0.2, 0.25) is 0 Å². The Morgan fingerprint density at radius 1 is 1.67 bits per heavy atom. The van der Waals surface area contributed by atoms with Gasteiger partial charge in [0.25, 0.3) is 0 Å². The van der Waals surface area contributed by atoms with Crippen LogP contribution in [-0.4, -0.2) is 23.8 Å². The molecule has 0 saturated carbocycles. The lowest BCUT2D eigenvalue weighted by Crippen LogP contribution is -2.38. The lowest BCUT2D eigenvalue weighted by Gasteiger charge is -2.20. The zero-order valence-corrected chi connectivity index (χ0v) is 6.15. The molecule has 2 N–H and O–H groups in total. The highest BCUT2D eigenvalue weighted by molar-refractivity contribution is 4.94. The van der Waals surface area contributed by atoms with E-state index in [1.165, 1.54) is 0 Å². The summed E-state index contributed by atoms with van der Waals surface area (Å²) in [7, 11) is 0. The standard InChI is InChI=1S/C7H15NO/c1-4-7(2,3)8-5-6-9/h4,8-9H,1,5-6H2,2-3H3. The first-order valence-corrected chi connectivity index (χ1v) is 3.12. The van der Waals surface area contributed by atoms with Crippen LogP contribution in [0.25, 0.3) is 0 Å². The first kappa shape index (κ1) is 8.66. The van der Waals surface area contributed by atoms with Gasteiger partial charge in [0.05, 0.1) is 6.61 Å². The van der Waals surface area contributed by atoms with Crippen LogP contribution < -0.4 is 5.32 Å². The van der Waals surface area contributed by atoms with Crippen molar-refractivity contribution < 1.29 is 5.11 Å². The molecule has 0 aromatic rings. The van der Waals surface area contributed by atoms with Crippen LogP contribution in [0.4, 0.5) is 0 Å². The Morgan fingerprint density at radius 3 is 2.56 bits per heavy atom. The van der Waals surface area contributed by atoms with E-state index in [9.17, 15) is 0 Å². The van der Waals surface area contributed by atoms with Crippen molar-refractivity contribution in [3.63, 3.8) is 0 Å². The Balaban J connectivity index is 3.45. The number of aliphatic hydroxyl groups excluding tert-OH is 1. The highest BCUT2D eigenvalue weighted by Crippen LogP contribution is 2.00. The van der Waals surface area contributed by atoms with Gasteiger partial charge < -0.3 is 10.4 Å². The van der Waals surface area contributed by atoms with Crippen LogP contribution in [0.1, 0.15) is 13.8 Å². The lowest BCUT2D eigenvalue weighted by atomic mass is 10.1. The number of aliphatic hydroxyl groups is 1. The fraction of sp³-hybridized carbons (Fsp3) is 0.714. The molecule has 0 aromatic carbocycles. The van der Waals surface area contributed by atoms with Gasteiger partial charge in [-0.2, -0.15) is 0 Å². The highest BCUT2D eigenvalue weighted by atomic mass is 16.3. The van der Waals surface area contributed by atoms with Crippen molar-refractivity contribution in [3.05, 3.63) is 12.7 Å². The van der Waals surface area contributed by atoms with Crippen LogP contribution in [0.3, 0.4) is 0 Å². The summed E-state index contributed by atoms with van der Waals surface area (Å²) in [5.74, 6) is 0. The molecule has 0 atom stereocenters. The summed E-state index contributed by atoms with van der Waals surface area (Å²) in [4.78, 5) is 0. The summed E-state index contributed by atoms with van der Waals surface area (Å²) in [6, 6.07) is 0. The molecule has 0 heterocycles. The van der Waals surface area contributed by atoms with E-state index in [1.54, 1.807) is 0 Å². The molecule has 0 saturated heterocycles. The Hall–Kier alpha value is -0.340. The first-order chi connectivity index (χ1) is 4.12. The van der Waals surface area contributed by atoms with E-state index in [0.717, 1.165) is 0 Å². The first-order valence-electron chi connectivity index (χ1n) is 3.12. The Kier molecular flexibility index (Phi) is 3.50. The average molecular weight is 129 g/mol. The molecule has 0 spiro atoms. The topological polar surface area (TPSA) is 32.3 Å². The highest BCUT2D eigenvalue weighted by Gasteiger charge is 2.08. The van der Waals surface area contributed by atoms with Gasteiger partial charge in [0, 0.05) is 12.1 Å². The predicted octanol–water partition coefficient (Wildman–Crippen LogP) is 0.533. The second kappa shape index (κ2) is 3.64. The molecule has 0 aromatic heterocycles. The molecule has 2 nitrogen and oxygen atoms in total. The van der Waals surface area contributed by atoms with Crippen LogP contribution in [0, 0.1) is 0 Å².